The van der Waals surface area contributed by atoms with E-state index in [-0.39, 0.29) is 18.6 Å². The van der Waals surface area contributed by atoms with E-state index in [1.54, 1.807) is 0 Å². The predicted molar refractivity (Wildman–Crippen MR) is 55.7 cm³/mol. The molecule has 1 rings (SSSR count). The molecule has 2 N–H and O–H groups in total. The number of aliphatic hydroxyl groups is 1. The molecule has 0 radical (unpaired) electrons. The van der Waals surface area contributed by atoms with E-state index >= 15 is 0 Å². The first-order chi connectivity index (χ1) is 6.81. The number of nitriles is 1. The zero-order valence-corrected chi connectivity index (χ0v) is 8.87. The van der Waals surface area contributed by atoms with Crippen LogP contribution in [0.4, 0.5) is 0 Å². The van der Waals surface area contributed by atoms with Crippen LogP contribution in [0.15, 0.2) is 0 Å². The first-order valence-corrected chi connectivity index (χ1v) is 5.58. The molecule has 1 fully saturated rings. The van der Waals surface area contributed by atoms with Gasteiger partial charge in [0, 0.05) is 12.1 Å². The van der Waals surface area contributed by atoms with E-state index in [1.807, 2.05) is 0 Å². The maximum absolute atomic E-state index is 9.07. The average Bonchev–Trinajstić information content (AvgIpc) is 2.26. The highest BCUT2D eigenvalue weighted by molar-refractivity contribution is 4.95. The van der Waals surface area contributed by atoms with Crippen LogP contribution in [0.25, 0.3) is 0 Å². The largest absolute Gasteiger partial charge is 0.395 e. The fourth-order valence-corrected chi connectivity index (χ4v) is 2.09. The molecule has 1 aliphatic carbocycles. The minimum atomic E-state index is 0.143. The normalized spacial score (nSPS) is 29.5. The molecule has 0 spiro atoms. The Morgan fingerprint density at radius 1 is 1.50 bits per heavy atom. The molecule has 0 heterocycles. The van der Waals surface area contributed by atoms with Crippen molar-refractivity contribution in [1.82, 2.24) is 5.32 Å². The van der Waals surface area contributed by atoms with Crippen molar-refractivity contribution in [3.63, 3.8) is 0 Å². The van der Waals surface area contributed by atoms with Gasteiger partial charge in [-0.15, -0.1) is 0 Å². The fraction of sp³-hybridized carbons (Fsp3) is 0.909. The molecule has 3 heteroatoms. The highest BCUT2D eigenvalue weighted by atomic mass is 16.3. The van der Waals surface area contributed by atoms with E-state index in [0.29, 0.717) is 6.04 Å². The van der Waals surface area contributed by atoms with E-state index in [0.717, 1.165) is 19.3 Å². The SMILES string of the molecule is CCC(CO)NC1CCCCC1C#N. The Morgan fingerprint density at radius 2 is 2.21 bits per heavy atom. The van der Waals surface area contributed by atoms with Crippen LogP contribution < -0.4 is 5.32 Å². The summed E-state index contributed by atoms with van der Waals surface area (Å²) in [5.41, 5.74) is 0. The van der Waals surface area contributed by atoms with Gasteiger partial charge in [-0.3, -0.25) is 0 Å². The summed E-state index contributed by atoms with van der Waals surface area (Å²) in [6, 6.07) is 2.82. The van der Waals surface area contributed by atoms with Crippen molar-refractivity contribution < 1.29 is 5.11 Å². The van der Waals surface area contributed by atoms with Crippen LogP contribution in [0.3, 0.4) is 0 Å². The lowest BCUT2D eigenvalue weighted by molar-refractivity contribution is 0.202. The van der Waals surface area contributed by atoms with Crippen LogP contribution >= 0.6 is 0 Å². The van der Waals surface area contributed by atoms with Crippen molar-refractivity contribution in [2.24, 2.45) is 5.92 Å². The van der Waals surface area contributed by atoms with Gasteiger partial charge in [-0.25, -0.2) is 0 Å². The lowest BCUT2D eigenvalue weighted by Crippen LogP contribution is -2.45. The van der Waals surface area contributed by atoms with Crippen molar-refractivity contribution in [2.45, 2.75) is 51.1 Å². The third kappa shape index (κ3) is 2.97. The number of nitrogens with one attached hydrogen (secondary N) is 1. The summed E-state index contributed by atoms with van der Waals surface area (Å²) in [5, 5.41) is 21.4. The van der Waals surface area contributed by atoms with Gasteiger partial charge in [0.1, 0.15) is 0 Å². The van der Waals surface area contributed by atoms with Crippen LogP contribution in [-0.2, 0) is 0 Å². The zero-order chi connectivity index (χ0) is 10.4. The Hall–Kier alpha value is -0.590. The molecule has 1 aliphatic rings. The molecule has 0 bridgehead atoms. The highest BCUT2D eigenvalue weighted by Crippen LogP contribution is 2.24. The first kappa shape index (κ1) is 11.5. The molecule has 0 aromatic heterocycles. The summed E-state index contributed by atoms with van der Waals surface area (Å²) in [5.74, 6) is 0.143. The second-order valence-corrected chi connectivity index (χ2v) is 4.08. The third-order valence-electron chi connectivity index (χ3n) is 3.09. The maximum atomic E-state index is 9.07. The van der Waals surface area contributed by atoms with Crippen molar-refractivity contribution in [3.05, 3.63) is 0 Å². The third-order valence-corrected chi connectivity index (χ3v) is 3.09. The number of aliphatic hydroxyl groups excluding tert-OH is 1. The summed E-state index contributed by atoms with van der Waals surface area (Å²) in [4.78, 5) is 0. The lowest BCUT2D eigenvalue weighted by Gasteiger charge is -2.30. The van der Waals surface area contributed by atoms with Crippen molar-refractivity contribution in [1.29, 1.82) is 5.26 Å². The van der Waals surface area contributed by atoms with Crippen LogP contribution in [0.2, 0.25) is 0 Å². The average molecular weight is 196 g/mol. The molecule has 14 heavy (non-hydrogen) atoms. The smallest absolute Gasteiger partial charge is 0.0672 e. The van der Waals surface area contributed by atoms with Crippen LogP contribution in [0, 0.1) is 17.2 Å². The van der Waals surface area contributed by atoms with E-state index in [2.05, 4.69) is 18.3 Å². The summed E-state index contributed by atoms with van der Waals surface area (Å²) in [6.45, 7) is 2.23. The molecule has 0 aliphatic heterocycles. The topological polar surface area (TPSA) is 56.0 Å². The Kier molecular flexibility index (Phi) is 4.92. The first-order valence-electron chi connectivity index (χ1n) is 5.58. The summed E-state index contributed by atoms with van der Waals surface area (Å²) >= 11 is 0. The van der Waals surface area contributed by atoms with Gasteiger partial charge >= 0.3 is 0 Å². The second-order valence-electron chi connectivity index (χ2n) is 4.08. The number of hydrogen-bond acceptors (Lipinski definition) is 3. The number of hydrogen-bond donors (Lipinski definition) is 2. The molecule has 0 amide bonds. The minimum absolute atomic E-state index is 0.143. The van der Waals surface area contributed by atoms with Crippen LogP contribution in [0.5, 0.6) is 0 Å². The van der Waals surface area contributed by atoms with Gasteiger partial charge in [0.2, 0.25) is 0 Å². The van der Waals surface area contributed by atoms with Gasteiger partial charge in [-0.2, -0.15) is 5.26 Å². The van der Waals surface area contributed by atoms with Crippen LogP contribution in [0.1, 0.15) is 39.0 Å². The zero-order valence-electron chi connectivity index (χ0n) is 8.87. The van der Waals surface area contributed by atoms with E-state index in [4.69, 9.17) is 10.4 Å². The summed E-state index contributed by atoms with van der Waals surface area (Å²) < 4.78 is 0. The monoisotopic (exact) mass is 196 g/mol. The standard InChI is InChI=1S/C11H20N2O/c1-2-10(8-14)13-11-6-4-3-5-9(11)7-12/h9-11,13-14H,2-6,8H2,1H3. The van der Waals surface area contributed by atoms with Gasteiger partial charge in [0.05, 0.1) is 18.6 Å². The van der Waals surface area contributed by atoms with Crippen molar-refractivity contribution in [3.8, 4) is 6.07 Å². The van der Waals surface area contributed by atoms with Crippen molar-refractivity contribution in [2.75, 3.05) is 6.61 Å². The molecule has 0 aromatic carbocycles. The van der Waals surface area contributed by atoms with E-state index < -0.39 is 0 Å². The van der Waals surface area contributed by atoms with E-state index in [1.165, 1.54) is 12.8 Å². The van der Waals surface area contributed by atoms with E-state index in [9.17, 15) is 0 Å². The van der Waals surface area contributed by atoms with Gasteiger partial charge in [-0.1, -0.05) is 19.8 Å². The number of rotatable bonds is 4. The Labute approximate surface area is 86.1 Å². The molecule has 3 unspecified atom stereocenters. The van der Waals surface area contributed by atoms with Gasteiger partial charge in [0.15, 0.2) is 0 Å². The molecular weight excluding hydrogens is 176 g/mol. The van der Waals surface area contributed by atoms with Crippen LogP contribution in [-0.4, -0.2) is 23.8 Å². The maximum Gasteiger partial charge on any atom is 0.0672 e. The van der Waals surface area contributed by atoms with Gasteiger partial charge < -0.3 is 10.4 Å². The van der Waals surface area contributed by atoms with Gasteiger partial charge in [-0.05, 0) is 19.3 Å². The summed E-state index contributed by atoms with van der Waals surface area (Å²) in [6.07, 6.45) is 5.39. The molecule has 3 nitrogen and oxygen atoms in total. The molecular formula is C11H20N2O. The Balaban J connectivity index is 2.44. The minimum Gasteiger partial charge on any atom is -0.395 e. The summed E-state index contributed by atoms with van der Waals surface area (Å²) in [7, 11) is 0. The lowest BCUT2D eigenvalue weighted by atomic mass is 9.85. The highest BCUT2D eigenvalue weighted by Gasteiger charge is 2.26. The molecule has 1 saturated carbocycles. The molecule has 0 saturated heterocycles. The molecule has 0 aromatic rings. The Morgan fingerprint density at radius 3 is 2.79 bits per heavy atom. The Bertz CT molecular complexity index is 196. The number of nitrogens with zero attached hydrogens (tertiary/aromatic N) is 1. The predicted octanol–water partition coefficient (Wildman–Crippen LogP) is 1.43. The molecule has 3 atom stereocenters. The second kappa shape index (κ2) is 6.00. The fourth-order valence-electron chi connectivity index (χ4n) is 2.09. The molecule has 80 valence electrons. The van der Waals surface area contributed by atoms with Gasteiger partial charge in [0.25, 0.3) is 0 Å². The van der Waals surface area contributed by atoms with Crippen molar-refractivity contribution >= 4 is 0 Å². The quantitative estimate of drug-likeness (QED) is 0.715.